The molecule has 1 amide bonds. The van der Waals surface area contributed by atoms with Crippen LogP contribution in [0.3, 0.4) is 0 Å². The molecule has 0 spiro atoms. The van der Waals surface area contributed by atoms with Crippen molar-refractivity contribution in [1.82, 2.24) is 4.98 Å². The predicted molar refractivity (Wildman–Crippen MR) is 160 cm³/mol. The van der Waals surface area contributed by atoms with Crippen LogP contribution < -0.4 is 14.4 Å². The quantitative estimate of drug-likeness (QED) is 0.124. The molecule has 0 bridgehead atoms. The van der Waals surface area contributed by atoms with E-state index < -0.39 is 23.7 Å². The summed E-state index contributed by atoms with van der Waals surface area (Å²) in [5, 5.41) is 11.8. The summed E-state index contributed by atoms with van der Waals surface area (Å²) in [6.07, 6.45) is 0.651. The molecule has 0 radical (unpaired) electrons. The highest BCUT2D eigenvalue weighted by atomic mass is 32.1. The summed E-state index contributed by atoms with van der Waals surface area (Å²) in [5.74, 6) is -1.41. The SMILES string of the molecule is COC(=O)c1sc(N2C(=O)C(=O)C(=C(O)c3ccc4c(c3)CC(C)O4)C2c2cccc(OCc3ccccc3)c2)nc1C. The molecule has 6 rings (SSSR count). The van der Waals surface area contributed by atoms with Crippen molar-refractivity contribution < 1.29 is 33.7 Å². The van der Waals surface area contributed by atoms with Crippen LogP contribution in [0.25, 0.3) is 5.76 Å². The number of aryl methyl sites for hydroxylation is 1. The van der Waals surface area contributed by atoms with Crippen molar-refractivity contribution in [3.8, 4) is 11.5 Å². The Hall–Kier alpha value is -4.96. The van der Waals surface area contributed by atoms with Crippen LogP contribution in [0.1, 0.15) is 50.6 Å². The highest BCUT2D eigenvalue weighted by Gasteiger charge is 2.48. The lowest BCUT2D eigenvalue weighted by Gasteiger charge is -2.23. The Morgan fingerprint density at radius 1 is 1.09 bits per heavy atom. The molecular weight excluding hydrogens is 568 g/mol. The maximum absolute atomic E-state index is 13.7. The van der Waals surface area contributed by atoms with Crippen LogP contribution in [-0.4, -0.2) is 41.0 Å². The summed E-state index contributed by atoms with van der Waals surface area (Å²) in [6, 6.07) is 20.9. The molecular formula is C33H28N2O7S. The third kappa shape index (κ3) is 5.25. The number of aliphatic hydroxyl groups excluding tert-OH is 1. The summed E-state index contributed by atoms with van der Waals surface area (Å²) in [4.78, 5) is 45.6. The Bertz CT molecular complexity index is 1780. The lowest BCUT2D eigenvalue weighted by Crippen LogP contribution is -2.29. The van der Waals surface area contributed by atoms with E-state index in [1.807, 2.05) is 37.3 Å². The smallest absolute Gasteiger partial charge is 0.350 e. The number of rotatable bonds is 7. The lowest BCUT2D eigenvalue weighted by atomic mass is 9.94. The zero-order valence-corrected chi connectivity index (χ0v) is 24.5. The minimum atomic E-state index is -1.04. The highest BCUT2D eigenvalue weighted by Crippen LogP contribution is 2.45. The molecule has 1 saturated heterocycles. The third-order valence-corrected chi connectivity index (χ3v) is 8.53. The summed E-state index contributed by atoms with van der Waals surface area (Å²) >= 11 is 0.947. The fraction of sp³-hybridized carbons (Fsp3) is 0.212. The number of hydrogen-bond donors (Lipinski definition) is 1. The molecule has 0 aliphatic carbocycles. The van der Waals surface area contributed by atoms with Gasteiger partial charge >= 0.3 is 11.9 Å². The zero-order chi connectivity index (χ0) is 30.2. The van der Waals surface area contributed by atoms with Crippen LogP contribution in [0, 0.1) is 6.92 Å². The minimum Gasteiger partial charge on any atom is -0.507 e. The molecule has 2 atom stereocenters. The van der Waals surface area contributed by atoms with Crippen molar-refractivity contribution in [2.24, 2.45) is 0 Å². The van der Waals surface area contributed by atoms with Gasteiger partial charge in [-0.3, -0.25) is 14.5 Å². The maximum Gasteiger partial charge on any atom is 0.350 e. The summed E-state index contributed by atoms with van der Waals surface area (Å²) in [7, 11) is 1.26. The summed E-state index contributed by atoms with van der Waals surface area (Å²) < 4.78 is 16.7. The Balaban J connectivity index is 1.46. The van der Waals surface area contributed by atoms with E-state index in [4.69, 9.17) is 14.2 Å². The summed E-state index contributed by atoms with van der Waals surface area (Å²) in [5.41, 5.74) is 3.06. The van der Waals surface area contributed by atoms with Gasteiger partial charge in [0.1, 0.15) is 34.8 Å². The van der Waals surface area contributed by atoms with Gasteiger partial charge in [0.2, 0.25) is 0 Å². The van der Waals surface area contributed by atoms with Crippen molar-refractivity contribution in [3.63, 3.8) is 0 Å². The van der Waals surface area contributed by atoms with Crippen LogP contribution in [0.15, 0.2) is 78.4 Å². The number of anilines is 1. The molecule has 9 nitrogen and oxygen atoms in total. The van der Waals surface area contributed by atoms with E-state index >= 15 is 0 Å². The van der Waals surface area contributed by atoms with E-state index in [2.05, 4.69) is 4.98 Å². The van der Waals surface area contributed by atoms with Gasteiger partial charge in [0.25, 0.3) is 5.78 Å². The number of ketones is 1. The number of thiazole rings is 1. The van der Waals surface area contributed by atoms with Crippen LogP contribution in [0.5, 0.6) is 11.5 Å². The monoisotopic (exact) mass is 596 g/mol. The Kier molecular flexibility index (Phi) is 7.45. The fourth-order valence-corrected chi connectivity index (χ4v) is 6.36. The number of hydrogen-bond acceptors (Lipinski definition) is 9. The van der Waals surface area contributed by atoms with Crippen LogP contribution >= 0.6 is 11.3 Å². The molecule has 3 heterocycles. The van der Waals surface area contributed by atoms with E-state index in [9.17, 15) is 19.5 Å². The maximum atomic E-state index is 13.7. The number of fused-ring (bicyclic) bond motifs is 1. The first-order valence-corrected chi connectivity index (χ1v) is 14.5. The van der Waals surface area contributed by atoms with Gasteiger partial charge < -0.3 is 19.3 Å². The first kappa shape index (κ1) is 28.2. The number of aliphatic hydroxyl groups is 1. The molecule has 3 aromatic carbocycles. The number of ether oxygens (including phenoxy) is 3. The fourth-order valence-electron chi connectivity index (χ4n) is 5.35. The van der Waals surface area contributed by atoms with Crippen molar-refractivity contribution in [1.29, 1.82) is 0 Å². The number of esters is 1. The third-order valence-electron chi connectivity index (χ3n) is 7.40. The number of amides is 1. The first-order valence-electron chi connectivity index (χ1n) is 13.7. The Morgan fingerprint density at radius 2 is 1.88 bits per heavy atom. The molecule has 2 unspecified atom stereocenters. The first-order chi connectivity index (χ1) is 20.7. The molecule has 2 aliphatic heterocycles. The van der Waals surface area contributed by atoms with Crippen LogP contribution in [-0.2, 0) is 27.4 Å². The van der Waals surface area contributed by atoms with E-state index in [0.717, 1.165) is 28.2 Å². The molecule has 4 aromatic rings. The van der Waals surface area contributed by atoms with Gasteiger partial charge in [-0.25, -0.2) is 9.78 Å². The Morgan fingerprint density at radius 3 is 2.65 bits per heavy atom. The number of Topliss-reactive ketones (excluding diaryl/α,β-unsaturated/α-hetero) is 1. The van der Waals surface area contributed by atoms with Crippen molar-refractivity contribution >= 4 is 39.9 Å². The zero-order valence-electron chi connectivity index (χ0n) is 23.7. The number of methoxy groups -OCH3 is 1. The normalized spacial score (nSPS) is 18.8. The van der Waals surface area contributed by atoms with Crippen molar-refractivity contribution in [3.05, 3.63) is 111 Å². The highest BCUT2D eigenvalue weighted by molar-refractivity contribution is 7.17. The molecule has 218 valence electrons. The molecule has 10 heteroatoms. The van der Waals surface area contributed by atoms with Crippen molar-refractivity contribution in [2.45, 2.75) is 39.0 Å². The number of carbonyl (C=O) groups is 3. The standard InChI is InChI=1S/C33H28N2O7S/c1-18-14-23-15-22(12-13-25(23)42-18)28(36)26-27(21-10-7-11-24(16-21)41-17-20-8-5-4-6-9-20)35(31(38)29(26)37)33-34-19(2)30(43-33)32(39)40-3/h4-13,15-16,18,27,36H,14,17H2,1-3H3. The average molecular weight is 597 g/mol. The number of benzene rings is 3. The van der Waals surface area contributed by atoms with Gasteiger partial charge in [0.05, 0.1) is 24.4 Å². The molecule has 1 fully saturated rings. The average Bonchev–Trinajstić information content (AvgIpc) is 3.67. The minimum absolute atomic E-state index is 0.00579. The number of carbonyl (C=O) groups excluding carboxylic acids is 3. The van der Waals surface area contributed by atoms with Gasteiger partial charge in [-0.05, 0) is 60.9 Å². The van der Waals surface area contributed by atoms with Crippen molar-refractivity contribution in [2.75, 3.05) is 12.0 Å². The van der Waals surface area contributed by atoms with Gasteiger partial charge in [0.15, 0.2) is 5.13 Å². The van der Waals surface area contributed by atoms with Gasteiger partial charge in [-0.2, -0.15) is 0 Å². The van der Waals surface area contributed by atoms with Gasteiger partial charge in [0, 0.05) is 12.0 Å². The molecule has 0 saturated carbocycles. The number of aromatic nitrogens is 1. The Labute approximate surface area is 252 Å². The topological polar surface area (TPSA) is 115 Å². The molecule has 1 N–H and O–H groups in total. The second kappa shape index (κ2) is 11.4. The molecule has 1 aromatic heterocycles. The molecule has 43 heavy (non-hydrogen) atoms. The van der Waals surface area contributed by atoms with E-state index in [0.29, 0.717) is 35.6 Å². The van der Waals surface area contributed by atoms with Crippen LogP contribution in [0.2, 0.25) is 0 Å². The van der Waals surface area contributed by atoms with E-state index in [1.165, 1.54) is 12.0 Å². The largest absolute Gasteiger partial charge is 0.507 e. The van der Waals surface area contributed by atoms with E-state index in [1.54, 1.807) is 49.4 Å². The van der Waals surface area contributed by atoms with E-state index in [-0.39, 0.29) is 27.4 Å². The second-order valence-electron chi connectivity index (χ2n) is 10.4. The van der Waals surface area contributed by atoms with Crippen LogP contribution in [0.4, 0.5) is 5.13 Å². The second-order valence-corrected chi connectivity index (χ2v) is 11.4. The predicted octanol–water partition coefficient (Wildman–Crippen LogP) is 5.77. The molecule has 2 aliphatic rings. The van der Waals surface area contributed by atoms with Gasteiger partial charge in [-0.15, -0.1) is 0 Å². The lowest BCUT2D eigenvalue weighted by molar-refractivity contribution is -0.132. The number of nitrogens with zero attached hydrogens (tertiary/aromatic N) is 2. The summed E-state index contributed by atoms with van der Waals surface area (Å²) in [6.45, 7) is 3.90. The van der Waals surface area contributed by atoms with Gasteiger partial charge in [-0.1, -0.05) is 53.8 Å².